The molecule has 10 heteroatoms. The topological polar surface area (TPSA) is 171 Å². The molecule has 0 aromatic rings. The largest absolute Gasteiger partial charge is 0.481 e. The molecule has 0 aromatic heterocycles. The van der Waals surface area contributed by atoms with Crippen LogP contribution in [0.4, 0.5) is 0 Å². The molecule has 0 rings (SSSR count). The first-order chi connectivity index (χ1) is 17.3. The van der Waals surface area contributed by atoms with Gasteiger partial charge < -0.3 is 30.9 Å². The number of aliphatic carboxylic acids is 1. The number of carbonyl (C=O) groups excluding carboxylic acids is 2. The number of carbonyl (C=O) groups is 3. The fraction of sp³-hybridized carbons (Fsp3) is 0.885. The monoisotopic (exact) mass is 520 g/mol. The van der Waals surface area contributed by atoms with Gasteiger partial charge in [0, 0.05) is 26.1 Å². The second-order valence-electron chi connectivity index (χ2n) is 9.00. The summed E-state index contributed by atoms with van der Waals surface area (Å²) in [5.41, 5.74) is 5.33. The molecule has 36 heavy (non-hydrogen) atoms. The van der Waals surface area contributed by atoms with Crippen molar-refractivity contribution in [2.45, 2.75) is 109 Å². The summed E-state index contributed by atoms with van der Waals surface area (Å²) in [5.74, 6) is -2.79. The molecule has 0 spiro atoms. The number of hydrogen-bond donors (Lipinski definition) is 5. The van der Waals surface area contributed by atoms with E-state index in [0.29, 0.717) is 26.1 Å². The third-order valence-corrected chi connectivity index (χ3v) is 5.64. The molecule has 0 saturated carbocycles. The molecular formula is C26H52N2O8. The first-order valence-corrected chi connectivity index (χ1v) is 13.6. The number of carboxylic acid groups (broad SMARTS) is 1. The molecule has 1 unspecified atom stereocenters. The summed E-state index contributed by atoms with van der Waals surface area (Å²) in [7, 11) is 0. The Hall–Kier alpha value is -1.59. The molecule has 0 aliphatic heterocycles. The summed E-state index contributed by atoms with van der Waals surface area (Å²) in [6.07, 6.45) is 15.4. The van der Waals surface area contributed by atoms with Gasteiger partial charge in [0.15, 0.2) is 0 Å². The van der Waals surface area contributed by atoms with Gasteiger partial charge in [0.1, 0.15) is 6.04 Å². The summed E-state index contributed by atoms with van der Waals surface area (Å²) < 4.78 is 4.55. The maximum Gasteiger partial charge on any atom is 0.331 e. The first kappa shape index (κ1) is 36.6. The minimum absolute atomic E-state index is 0.0694. The lowest BCUT2D eigenvalue weighted by Gasteiger charge is -2.17. The van der Waals surface area contributed by atoms with Crippen molar-refractivity contribution >= 4 is 17.9 Å². The fourth-order valence-electron chi connectivity index (χ4n) is 3.56. The molecule has 214 valence electrons. The molecule has 0 aromatic carbocycles. The van der Waals surface area contributed by atoms with E-state index in [1.54, 1.807) is 4.90 Å². The molecule has 10 nitrogen and oxygen atoms in total. The lowest BCUT2D eigenvalue weighted by molar-refractivity contribution is -0.162. The number of esters is 2. The second-order valence-corrected chi connectivity index (χ2v) is 9.00. The van der Waals surface area contributed by atoms with E-state index in [-0.39, 0.29) is 26.2 Å². The maximum absolute atomic E-state index is 11.5. The Kier molecular flexibility index (Phi) is 28.4. The number of unbranched alkanes of at least 4 members (excludes halogenated alkanes) is 12. The van der Waals surface area contributed by atoms with Gasteiger partial charge in [0.25, 0.3) is 0 Å². The molecule has 0 aliphatic rings. The van der Waals surface area contributed by atoms with Crippen molar-refractivity contribution in [3.63, 3.8) is 0 Å². The SMILES string of the molecule is CCCCCCCCCCCCCCCC(=O)OC(=O)C(N)CC(=O)O.OCCN(CCO)CCO. The Morgan fingerprint density at radius 1 is 0.722 bits per heavy atom. The number of aliphatic hydroxyl groups is 3. The molecule has 0 aliphatic carbocycles. The summed E-state index contributed by atoms with van der Waals surface area (Å²) in [6.45, 7) is 3.99. The highest BCUT2D eigenvalue weighted by atomic mass is 16.6. The zero-order chi connectivity index (χ0) is 27.4. The Bertz CT molecular complexity index is 520. The van der Waals surface area contributed by atoms with E-state index >= 15 is 0 Å². The van der Waals surface area contributed by atoms with Crippen LogP contribution in [0.5, 0.6) is 0 Å². The van der Waals surface area contributed by atoms with Crippen molar-refractivity contribution in [3.05, 3.63) is 0 Å². The van der Waals surface area contributed by atoms with Crippen LogP contribution in [0.25, 0.3) is 0 Å². The standard InChI is InChI=1S/C20H37NO5.C6H15NO3/c1-2-3-4-5-6-7-8-9-10-11-12-13-14-15-19(24)26-20(25)17(21)16-18(22)23;8-4-1-7(2-5-9)3-6-10/h17H,2-16,21H2,1H3,(H,22,23);8-10H,1-6H2. The number of rotatable bonds is 23. The Labute approximate surface area is 217 Å². The Balaban J connectivity index is 0. The number of nitrogens with two attached hydrogens (primary N) is 1. The molecule has 6 N–H and O–H groups in total. The van der Waals surface area contributed by atoms with E-state index in [0.717, 1.165) is 12.8 Å². The smallest absolute Gasteiger partial charge is 0.331 e. The van der Waals surface area contributed by atoms with E-state index in [4.69, 9.17) is 26.2 Å². The van der Waals surface area contributed by atoms with Crippen LogP contribution in [-0.4, -0.2) is 88.7 Å². The van der Waals surface area contributed by atoms with Gasteiger partial charge in [0.05, 0.1) is 26.2 Å². The molecule has 0 amide bonds. The third kappa shape index (κ3) is 27.0. The lowest BCUT2D eigenvalue weighted by atomic mass is 10.0. The summed E-state index contributed by atoms with van der Waals surface area (Å²) in [5, 5.41) is 34.0. The van der Waals surface area contributed by atoms with Gasteiger partial charge in [-0.25, -0.2) is 4.79 Å². The van der Waals surface area contributed by atoms with Crippen molar-refractivity contribution in [3.8, 4) is 0 Å². The van der Waals surface area contributed by atoms with Crippen molar-refractivity contribution in [1.29, 1.82) is 0 Å². The summed E-state index contributed by atoms with van der Waals surface area (Å²) >= 11 is 0. The highest BCUT2D eigenvalue weighted by molar-refractivity contribution is 5.90. The number of aliphatic hydroxyl groups excluding tert-OH is 3. The number of hydrogen-bond acceptors (Lipinski definition) is 9. The summed E-state index contributed by atoms with van der Waals surface area (Å²) in [4.78, 5) is 35.1. The van der Waals surface area contributed by atoms with E-state index in [2.05, 4.69) is 11.7 Å². The Morgan fingerprint density at radius 3 is 1.47 bits per heavy atom. The second kappa shape index (κ2) is 28.0. The molecule has 0 radical (unpaired) electrons. The predicted octanol–water partition coefficient (Wildman–Crippen LogP) is 2.60. The zero-order valence-electron chi connectivity index (χ0n) is 22.4. The third-order valence-electron chi connectivity index (χ3n) is 5.64. The minimum Gasteiger partial charge on any atom is -0.481 e. The number of carboxylic acids is 1. The van der Waals surface area contributed by atoms with Gasteiger partial charge in [-0.2, -0.15) is 0 Å². The van der Waals surface area contributed by atoms with Crippen molar-refractivity contribution in [1.82, 2.24) is 4.90 Å². The van der Waals surface area contributed by atoms with E-state index in [1.165, 1.54) is 64.2 Å². The van der Waals surface area contributed by atoms with E-state index in [1.807, 2.05) is 0 Å². The normalized spacial score (nSPS) is 11.6. The average molecular weight is 521 g/mol. The van der Waals surface area contributed by atoms with Crippen LogP contribution in [0.15, 0.2) is 0 Å². The minimum atomic E-state index is -1.29. The van der Waals surface area contributed by atoms with E-state index in [9.17, 15) is 14.4 Å². The predicted molar refractivity (Wildman–Crippen MR) is 139 cm³/mol. The molecule has 0 heterocycles. The average Bonchev–Trinajstić information content (AvgIpc) is 2.82. The highest BCUT2D eigenvalue weighted by Crippen LogP contribution is 2.13. The van der Waals surface area contributed by atoms with Gasteiger partial charge in [-0.05, 0) is 6.42 Å². The number of nitrogens with zero attached hydrogens (tertiary/aromatic N) is 1. The van der Waals surface area contributed by atoms with Crippen LogP contribution in [0.2, 0.25) is 0 Å². The molecule has 0 bridgehead atoms. The lowest BCUT2D eigenvalue weighted by Crippen LogP contribution is -2.35. The zero-order valence-corrected chi connectivity index (χ0v) is 22.4. The van der Waals surface area contributed by atoms with Gasteiger partial charge in [-0.15, -0.1) is 0 Å². The molecule has 1 atom stereocenters. The first-order valence-electron chi connectivity index (χ1n) is 13.6. The Morgan fingerprint density at radius 2 is 1.11 bits per heavy atom. The number of ether oxygens (including phenoxy) is 1. The maximum atomic E-state index is 11.5. The quantitative estimate of drug-likeness (QED) is 0.0766. The van der Waals surface area contributed by atoms with Crippen LogP contribution in [0.3, 0.4) is 0 Å². The van der Waals surface area contributed by atoms with Gasteiger partial charge in [0.2, 0.25) is 0 Å². The van der Waals surface area contributed by atoms with Crippen LogP contribution >= 0.6 is 0 Å². The van der Waals surface area contributed by atoms with Crippen molar-refractivity contribution in [2.24, 2.45) is 5.73 Å². The molecule has 0 fully saturated rings. The highest BCUT2D eigenvalue weighted by Gasteiger charge is 2.21. The van der Waals surface area contributed by atoms with Crippen molar-refractivity contribution < 1.29 is 39.5 Å². The van der Waals surface area contributed by atoms with Gasteiger partial charge in [-0.3, -0.25) is 14.5 Å². The van der Waals surface area contributed by atoms with Gasteiger partial charge in [-0.1, -0.05) is 84.0 Å². The fourth-order valence-corrected chi connectivity index (χ4v) is 3.56. The molecule has 0 saturated heterocycles. The van der Waals surface area contributed by atoms with Crippen LogP contribution < -0.4 is 5.73 Å². The van der Waals surface area contributed by atoms with Crippen molar-refractivity contribution in [2.75, 3.05) is 39.5 Å². The van der Waals surface area contributed by atoms with Crippen LogP contribution in [0.1, 0.15) is 103 Å². The molecular weight excluding hydrogens is 468 g/mol. The van der Waals surface area contributed by atoms with Crippen LogP contribution in [0, 0.1) is 0 Å². The summed E-state index contributed by atoms with van der Waals surface area (Å²) in [6, 6.07) is -1.29. The van der Waals surface area contributed by atoms with Crippen LogP contribution in [-0.2, 0) is 19.1 Å². The van der Waals surface area contributed by atoms with Gasteiger partial charge >= 0.3 is 17.9 Å². The van der Waals surface area contributed by atoms with E-state index < -0.39 is 30.4 Å².